The fourth-order valence-electron chi connectivity index (χ4n) is 4.33. The lowest BCUT2D eigenvalue weighted by Gasteiger charge is -2.17. The van der Waals surface area contributed by atoms with E-state index in [-0.39, 0.29) is 42.2 Å². The van der Waals surface area contributed by atoms with Gasteiger partial charge in [0.05, 0.1) is 31.5 Å². The van der Waals surface area contributed by atoms with Crippen LogP contribution in [0.4, 0.5) is 10.5 Å². The molecule has 0 bridgehead atoms. The quantitative estimate of drug-likeness (QED) is 0.364. The van der Waals surface area contributed by atoms with E-state index in [9.17, 15) is 24.3 Å². The van der Waals surface area contributed by atoms with Gasteiger partial charge in [0.2, 0.25) is 5.91 Å². The molecule has 0 saturated heterocycles. The molecule has 2 amide bonds. The average molecular weight is 523 g/mol. The van der Waals surface area contributed by atoms with Crippen LogP contribution in [-0.4, -0.2) is 46.3 Å². The summed E-state index contributed by atoms with van der Waals surface area (Å²) in [5.74, 6) is -0.939. The third kappa shape index (κ3) is 7.25. The highest BCUT2D eigenvalue weighted by Gasteiger charge is 2.24. The molecule has 1 aliphatic heterocycles. The summed E-state index contributed by atoms with van der Waals surface area (Å²) in [6, 6.07) is 8.11. The van der Waals surface area contributed by atoms with Gasteiger partial charge in [0.1, 0.15) is 0 Å². The summed E-state index contributed by atoms with van der Waals surface area (Å²) in [5, 5.41) is 13.1. The Kier molecular flexibility index (Phi) is 9.72. The Hall–Kier alpha value is -4.05. The number of carbonyl (C=O) groups excluding carboxylic acids is 3. The van der Waals surface area contributed by atoms with Gasteiger partial charge in [0, 0.05) is 35.9 Å². The Morgan fingerprint density at radius 1 is 1.24 bits per heavy atom. The van der Waals surface area contributed by atoms with Crippen molar-refractivity contribution in [3.05, 3.63) is 75.7 Å². The molecule has 2 aromatic rings. The zero-order valence-corrected chi connectivity index (χ0v) is 21.8. The number of ether oxygens (including phenoxy) is 1. The number of fused-ring (bicyclic) bond motifs is 1. The minimum Gasteiger partial charge on any atom is -0.453 e. The van der Waals surface area contributed by atoms with Crippen molar-refractivity contribution in [2.24, 2.45) is 16.6 Å². The van der Waals surface area contributed by atoms with E-state index in [4.69, 9.17) is 10.7 Å². The first kappa shape index (κ1) is 28.5. The molecule has 0 aliphatic carbocycles. The molecule has 1 aliphatic rings. The second-order valence-electron chi connectivity index (χ2n) is 9.58. The number of rotatable bonds is 12. The van der Waals surface area contributed by atoms with Gasteiger partial charge < -0.3 is 25.5 Å². The number of allylic oxidation sites excluding steroid dienone is 1. The minimum atomic E-state index is -0.910. The largest absolute Gasteiger partial charge is 0.453 e. The third-order valence-corrected chi connectivity index (χ3v) is 6.35. The first-order valence-electron chi connectivity index (χ1n) is 12.5. The van der Waals surface area contributed by atoms with E-state index in [2.05, 4.69) is 10.1 Å². The maximum Gasteiger partial charge on any atom is 0.407 e. The highest BCUT2D eigenvalue weighted by atomic mass is 16.5. The van der Waals surface area contributed by atoms with Crippen molar-refractivity contribution in [2.75, 3.05) is 7.11 Å². The van der Waals surface area contributed by atoms with Crippen molar-refractivity contribution < 1.29 is 24.2 Å². The molecule has 38 heavy (non-hydrogen) atoms. The summed E-state index contributed by atoms with van der Waals surface area (Å²) < 4.78 is 6.12. The predicted molar refractivity (Wildman–Crippen MR) is 143 cm³/mol. The minimum absolute atomic E-state index is 0.0364. The molecule has 0 radical (unpaired) electrons. The van der Waals surface area contributed by atoms with Gasteiger partial charge in [0.15, 0.2) is 5.78 Å². The van der Waals surface area contributed by atoms with E-state index in [0.717, 1.165) is 22.5 Å². The molecule has 0 fully saturated rings. The number of aromatic nitrogens is 1. The summed E-state index contributed by atoms with van der Waals surface area (Å²) in [5.41, 5.74) is 8.34. The van der Waals surface area contributed by atoms with Crippen LogP contribution in [0.2, 0.25) is 0 Å². The number of benzene rings is 1. The van der Waals surface area contributed by atoms with Crippen LogP contribution in [-0.2, 0) is 33.7 Å². The van der Waals surface area contributed by atoms with E-state index < -0.39 is 24.1 Å². The number of nitrogens with one attached hydrogen (secondary N) is 1. The smallest absolute Gasteiger partial charge is 0.407 e. The number of para-hydroxylation sites is 1. The SMILES string of the molecule is COC(=O)N[C@@H](CC/C=C/C(N)=O)C(=O)Cc1cccn(CC2=Nc3c(cccc3C(O)C(C)C)C2)c1=O. The lowest BCUT2D eigenvalue weighted by Crippen LogP contribution is -2.42. The Balaban J connectivity index is 1.76. The highest BCUT2D eigenvalue weighted by molar-refractivity contribution is 5.94. The van der Waals surface area contributed by atoms with Crippen molar-refractivity contribution in [1.82, 2.24) is 9.88 Å². The number of pyridine rings is 1. The van der Waals surface area contributed by atoms with Gasteiger partial charge in [-0.1, -0.05) is 44.2 Å². The number of amides is 2. The molecular weight excluding hydrogens is 488 g/mol. The van der Waals surface area contributed by atoms with Gasteiger partial charge in [-0.25, -0.2) is 4.79 Å². The number of hydrogen-bond acceptors (Lipinski definition) is 7. The van der Waals surface area contributed by atoms with E-state index in [1.54, 1.807) is 18.3 Å². The number of methoxy groups -OCH3 is 1. The first-order chi connectivity index (χ1) is 18.1. The molecular formula is C28H34N4O6. The van der Waals surface area contributed by atoms with Gasteiger partial charge in [0.25, 0.3) is 5.56 Å². The van der Waals surface area contributed by atoms with Crippen molar-refractivity contribution in [3.8, 4) is 0 Å². The van der Waals surface area contributed by atoms with E-state index in [1.807, 2.05) is 32.0 Å². The van der Waals surface area contributed by atoms with Crippen molar-refractivity contribution in [2.45, 2.75) is 58.2 Å². The number of aliphatic hydroxyl groups excluding tert-OH is 1. The summed E-state index contributed by atoms with van der Waals surface area (Å²) in [4.78, 5) is 53.6. The van der Waals surface area contributed by atoms with Gasteiger partial charge >= 0.3 is 6.09 Å². The maximum absolute atomic E-state index is 13.2. The molecule has 0 spiro atoms. The Morgan fingerprint density at radius 2 is 2.00 bits per heavy atom. The summed E-state index contributed by atoms with van der Waals surface area (Å²) >= 11 is 0. The molecule has 202 valence electrons. The fourth-order valence-corrected chi connectivity index (χ4v) is 4.33. The number of aliphatic hydroxyl groups is 1. The molecule has 10 nitrogen and oxygen atoms in total. The molecule has 4 N–H and O–H groups in total. The van der Waals surface area contributed by atoms with Gasteiger partial charge in [-0.2, -0.15) is 0 Å². The van der Waals surface area contributed by atoms with Crippen LogP contribution in [0.3, 0.4) is 0 Å². The van der Waals surface area contributed by atoms with E-state index in [0.29, 0.717) is 12.8 Å². The zero-order chi connectivity index (χ0) is 27.8. The third-order valence-electron chi connectivity index (χ3n) is 6.35. The van der Waals surface area contributed by atoms with Crippen LogP contribution in [0.5, 0.6) is 0 Å². The molecule has 1 unspecified atom stereocenters. The molecule has 1 aromatic heterocycles. The molecule has 10 heteroatoms. The average Bonchev–Trinajstić information content (AvgIpc) is 3.30. The molecule has 3 rings (SSSR count). The predicted octanol–water partition coefficient (Wildman–Crippen LogP) is 2.52. The summed E-state index contributed by atoms with van der Waals surface area (Å²) in [6.07, 6.45) is 3.84. The first-order valence-corrected chi connectivity index (χ1v) is 12.5. The zero-order valence-electron chi connectivity index (χ0n) is 21.8. The van der Waals surface area contributed by atoms with Crippen molar-refractivity contribution in [1.29, 1.82) is 0 Å². The van der Waals surface area contributed by atoms with Crippen LogP contribution < -0.4 is 16.6 Å². The highest BCUT2D eigenvalue weighted by Crippen LogP contribution is 2.37. The number of primary amides is 1. The number of carbonyl (C=O) groups is 3. The lowest BCUT2D eigenvalue weighted by atomic mass is 9.95. The monoisotopic (exact) mass is 522 g/mol. The van der Waals surface area contributed by atoms with Gasteiger partial charge in [-0.05, 0) is 36.5 Å². The van der Waals surface area contributed by atoms with Crippen LogP contribution >= 0.6 is 0 Å². The standard InChI is InChI=1S/C28H34N4O6/c1-17(2)26(35)21-10-6-8-18-14-20(30-25(18)21)16-32-13-7-9-19(27(32)36)15-23(33)22(31-28(37)38-3)11-4-5-12-24(29)34/h5-10,12-13,17,22,26,35H,4,11,14-16H2,1-3H3,(H2,29,34)(H,31,37)/b12-5+/t22-,26?/m0/s1. The summed E-state index contributed by atoms with van der Waals surface area (Å²) in [6.45, 7) is 4.13. The van der Waals surface area contributed by atoms with E-state index >= 15 is 0 Å². The maximum atomic E-state index is 13.2. The molecule has 1 aromatic carbocycles. The number of ketones is 1. The normalized spacial score (nSPS) is 14.2. The van der Waals surface area contributed by atoms with Crippen LogP contribution in [0.15, 0.2) is 58.5 Å². The molecule has 0 saturated carbocycles. The second-order valence-corrected chi connectivity index (χ2v) is 9.58. The van der Waals surface area contributed by atoms with Crippen LogP contribution in [0.1, 0.15) is 49.5 Å². The topological polar surface area (TPSA) is 153 Å². The fraction of sp³-hybridized carbons (Fsp3) is 0.393. The number of alkyl carbamates (subject to hydrolysis) is 1. The number of aliphatic imine (C=N–C) groups is 1. The number of nitrogens with two attached hydrogens (primary N) is 1. The number of Topliss-reactive ketones (excluding diaryl/α,β-unsaturated/α-hetero) is 1. The van der Waals surface area contributed by atoms with Crippen molar-refractivity contribution in [3.63, 3.8) is 0 Å². The van der Waals surface area contributed by atoms with E-state index in [1.165, 1.54) is 23.8 Å². The Bertz CT molecular complexity index is 1310. The Morgan fingerprint density at radius 3 is 2.68 bits per heavy atom. The summed E-state index contributed by atoms with van der Waals surface area (Å²) in [7, 11) is 1.19. The molecule has 2 heterocycles. The molecule has 2 atom stereocenters. The number of nitrogens with zero attached hydrogens (tertiary/aromatic N) is 2. The van der Waals surface area contributed by atoms with Crippen LogP contribution in [0.25, 0.3) is 0 Å². The lowest BCUT2D eigenvalue weighted by molar-refractivity contribution is -0.120. The van der Waals surface area contributed by atoms with Gasteiger partial charge in [-0.3, -0.25) is 19.4 Å². The van der Waals surface area contributed by atoms with Crippen molar-refractivity contribution >= 4 is 29.2 Å². The van der Waals surface area contributed by atoms with Gasteiger partial charge in [-0.15, -0.1) is 0 Å². The second kappa shape index (κ2) is 13.0. The van der Waals surface area contributed by atoms with Crippen LogP contribution in [0, 0.1) is 5.92 Å². The Labute approximate surface area is 221 Å². The number of hydrogen-bond donors (Lipinski definition) is 3.